The van der Waals surface area contributed by atoms with Gasteiger partial charge >= 0.3 is 0 Å². The molecule has 1 amide bonds. The van der Waals surface area contributed by atoms with E-state index in [4.69, 9.17) is 17.2 Å². The minimum absolute atomic E-state index is 0.118. The Balaban J connectivity index is 1.54. The summed E-state index contributed by atoms with van der Waals surface area (Å²) in [5.41, 5.74) is 24.6. The fourth-order valence-electron chi connectivity index (χ4n) is 4.40. The van der Waals surface area contributed by atoms with Crippen LogP contribution in [0.1, 0.15) is 15.9 Å². The van der Waals surface area contributed by atoms with E-state index in [1.54, 1.807) is 28.4 Å². The Labute approximate surface area is 200 Å². The van der Waals surface area contributed by atoms with E-state index >= 15 is 0 Å². The third-order valence-corrected chi connectivity index (χ3v) is 6.95. The smallest absolute Gasteiger partial charge is 0.256 e. The van der Waals surface area contributed by atoms with E-state index in [0.717, 1.165) is 38.2 Å². The average Bonchev–Trinajstić information content (AvgIpc) is 3.57. The van der Waals surface area contributed by atoms with E-state index in [-0.39, 0.29) is 5.91 Å². The van der Waals surface area contributed by atoms with E-state index in [9.17, 15) is 4.79 Å². The van der Waals surface area contributed by atoms with E-state index in [1.165, 1.54) is 12.4 Å². The number of allylic oxidation sites excluding steroid dienone is 1. The van der Waals surface area contributed by atoms with E-state index in [1.807, 2.05) is 29.6 Å². The summed E-state index contributed by atoms with van der Waals surface area (Å²) in [5, 5.41) is 10.7. The fourth-order valence-corrected chi connectivity index (χ4v) is 5.13. The predicted molar refractivity (Wildman–Crippen MR) is 139 cm³/mol. The number of fused-ring (bicyclic) bond motifs is 2. The van der Waals surface area contributed by atoms with Crippen molar-refractivity contribution >= 4 is 33.8 Å². The number of nitrogen functional groups attached to an aromatic ring is 1. The van der Waals surface area contributed by atoms with Gasteiger partial charge in [-0.1, -0.05) is 24.8 Å². The van der Waals surface area contributed by atoms with Gasteiger partial charge < -0.3 is 22.1 Å². The molecule has 8 heteroatoms. The Morgan fingerprint density at radius 3 is 2.82 bits per heavy atom. The Morgan fingerprint density at radius 2 is 2.09 bits per heavy atom. The normalized spacial score (nSPS) is 13.8. The molecule has 1 aliphatic rings. The summed E-state index contributed by atoms with van der Waals surface area (Å²) in [5.74, 6) is -0.118. The number of nitrogens with one attached hydrogen (secondary N) is 1. The number of amides is 1. The molecule has 7 nitrogen and oxygen atoms in total. The number of aromatic nitrogens is 2. The van der Waals surface area contributed by atoms with Gasteiger partial charge in [-0.25, -0.2) is 0 Å². The number of carbonyl (C=O) groups excluding carboxylic acids is 1. The average molecular weight is 469 g/mol. The van der Waals surface area contributed by atoms with Gasteiger partial charge in [0, 0.05) is 30.4 Å². The van der Waals surface area contributed by atoms with Crippen molar-refractivity contribution in [2.45, 2.75) is 6.54 Å². The van der Waals surface area contributed by atoms with Gasteiger partial charge in [0.15, 0.2) is 0 Å². The molecule has 0 fully saturated rings. The third-order valence-electron chi connectivity index (χ3n) is 6.07. The Kier molecular flexibility index (Phi) is 5.43. The van der Waals surface area contributed by atoms with Crippen molar-refractivity contribution in [2.75, 3.05) is 12.3 Å². The third kappa shape index (κ3) is 3.54. The van der Waals surface area contributed by atoms with Gasteiger partial charge in [-0.2, -0.15) is 5.10 Å². The number of carbonyl (C=O) groups is 1. The maximum absolute atomic E-state index is 13.3. The second-order valence-corrected chi connectivity index (χ2v) is 9.06. The quantitative estimate of drug-likeness (QED) is 0.247. The lowest BCUT2D eigenvalue weighted by Crippen LogP contribution is -2.26. The van der Waals surface area contributed by atoms with E-state index in [2.05, 4.69) is 28.9 Å². The van der Waals surface area contributed by atoms with Gasteiger partial charge in [0.05, 0.1) is 16.0 Å². The number of rotatable bonds is 6. The molecule has 1 aliphatic heterocycles. The van der Waals surface area contributed by atoms with Crippen LogP contribution in [-0.2, 0) is 6.54 Å². The highest BCUT2D eigenvalue weighted by atomic mass is 32.1. The summed E-state index contributed by atoms with van der Waals surface area (Å²) in [6.07, 6.45) is 4.50. The van der Waals surface area contributed by atoms with Crippen LogP contribution in [0.15, 0.2) is 84.0 Å². The molecular weight excluding hydrogens is 444 g/mol. The van der Waals surface area contributed by atoms with Crippen LogP contribution in [0, 0.1) is 0 Å². The number of anilines is 1. The second kappa shape index (κ2) is 8.57. The highest BCUT2D eigenvalue weighted by molar-refractivity contribution is 7.13. The molecule has 0 atom stereocenters. The summed E-state index contributed by atoms with van der Waals surface area (Å²) >= 11 is 1.65. The number of benzene rings is 2. The van der Waals surface area contributed by atoms with Crippen LogP contribution in [0.2, 0.25) is 0 Å². The standard InChI is InChI=1S/C26H24N6OS/c1-15(17(12-28)8-9-27)13-32-14-20-18(5-6-21(29)24(20)26(32)33)16-4-7-22-19(11-16)25(31-30-22)23-3-2-10-34-23/h2-12H,1,13-14,27-29H2,(H,30,31)/b9-8-,17-12+. The number of thiophene rings is 1. The summed E-state index contributed by atoms with van der Waals surface area (Å²) in [6.45, 7) is 4.83. The number of H-pyrrole nitrogens is 1. The lowest BCUT2D eigenvalue weighted by molar-refractivity contribution is 0.0794. The minimum Gasteiger partial charge on any atom is -0.405 e. The molecule has 0 radical (unpaired) electrons. The molecule has 4 aromatic rings. The van der Waals surface area contributed by atoms with Gasteiger partial charge in [0.25, 0.3) is 5.91 Å². The number of hydrogen-bond acceptors (Lipinski definition) is 6. The topological polar surface area (TPSA) is 127 Å². The van der Waals surface area contributed by atoms with Crippen molar-refractivity contribution < 1.29 is 4.79 Å². The zero-order chi connectivity index (χ0) is 23.8. The fraction of sp³-hybridized carbons (Fsp3) is 0.0769. The Morgan fingerprint density at radius 1 is 1.24 bits per heavy atom. The summed E-state index contributed by atoms with van der Waals surface area (Å²) < 4.78 is 0. The van der Waals surface area contributed by atoms with Gasteiger partial charge in [-0.05, 0) is 69.8 Å². The molecule has 0 saturated carbocycles. The zero-order valence-electron chi connectivity index (χ0n) is 18.4. The monoisotopic (exact) mass is 468 g/mol. The van der Waals surface area contributed by atoms with E-state index in [0.29, 0.717) is 35.5 Å². The molecule has 170 valence electrons. The van der Waals surface area contributed by atoms with Crippen molar-refractivity contribution in [1.82, 2.24) is 15.1 Å². The molecule has 0 saturated heterocycles. The Bertz CT molecular complexity index is 1480. The molecule has 3 heterocycles. The summed E-state index contributed by atoms with van der Waals surface area (Å²) in [6, 6.07) is 14.0. The number of nitrogens with two attached hydrogens (primary N) is 3. The molecule has 2 aromatic carbocycles. The maximum Gasteiger partial charge on any atom is 0.256 e. The van der Waals surface area contributed by atoms with Crippen LogP contribution in [0.3, 0.4) is 0 Å². The van der Waals surface area contributed by atoms with Crippen LogP contribution in [0.25, 0.3) is 32.6 Å². The largest absolute Gasteiger partial charge is 0.405 e. The van der Waals surface area contributed by atoms with Gasteiger partial charge in [-0.3, -0.25) is 9.89 Å². The Hall–Kier alpha value is -4.30. The van der Waals surface area contributed by atoms with Gasteiger partial charge in [-0.15, -0.1) is 11.3 Å². The van der Waals surface area contributed by atoms with Crippen LogP contribution in [-0.4, -0.2) is 27.5 Å². The molecule has 0 spiro atoms. The molecular formula is C26H24N6OS. The molecule has 0 aliphatic carbocycles. The predicted octanol–water partition coefficient (Wildman–Crippen LogP) is 4.37. The maximum atomic E-state index is 13.3. The lowest BCUT2D eigenvalue weighted by atomic mass is 9.94. The SMILES string of the molecule is C=C(CN1Cc2c(-c3ccc4[nH]nc(-c5cccs5)c4c3)ccc(N)c2C1=O)C(/C=C\N)=C/N. The van der Waals surface area contributed by atoms with Crippen molar-refractivity contribution in [3.05, 3.63) is 95.2 Å². The zero-order valence-corrected chi connectivity index (χ0v) is 19.2. The van der Waals surface area contributed by atoms with Crippen LogP contribution >= 0.6 is 11.3 Å². The van der Waals surface area contributed by atoms with Crippen molar-refractivity contribution in [3.8, 4) is 21.7 Å². The van der Waals surface area contributed by atoms with Crippen LogP contribution < -0.4 is 17.2 Å². The first-order valence-corrected chi connectivity index (χ1v) is 11.6. The molecule has 2 aromatic heterocycles. The summed E-state index contributed by atoms with van der Waals surface area (Å²) in [4.78, 5) is 16.1. The molecule has 5 rings (SSSR count). The first-order chi connectivity index (χ1) is 16.5. The number of nitrogens with zero attached hydrogens (tertiary/aromatic N) is 2. The van der Waals surface area contributed by atoms with Gasteiger partial charge in [0.1, 0.15) is 5.69 Å². The first-order valence-electron chi connectivity index (χ1n) is 10.7. The summed E-state index contributed by atoms with van der Waals surface area (Å²) in [7, 11) is 0. The number of aromatic amines is 1. The van der Waals surface area contributed by atoms with Crippen molar-refractivity contribution in [1.29, 1.82) is 0 Å². The molecule has 0 unspecified atom stereocenters. The molecule has 34 heavy (non-hydrogen) atoms. The van der Waals surface area contributed by atoms with Crippen molar-refractivity contribution in [3.63, 3.8) is 0 Å². The van der Waals surface area contributed by atoms with Crippen LogP contribution in [0.4, 0.5) is 5.69 Å². The van der Waals surface area contributed by atoms with E-state index < -0.39 is 0 Å². The lowest BCUT2D eigenvalue weighted by Gasteiger charge is -2.18. The molecule has 7 N–H and O–H groups in total. The highest BCUT2D eigenvalue weighted by Crippen LogP contribution is 2.39. The molecule has 0 bridgehead atoms. The number of hydrogen-bond donors (Lipinski definition) is 4. The van der Waals surface area contributed by atoms with Gasteiger partial charge in [0.2, 0.25) is 0 Å². The van der Waals surface area contributed by atoms with Crippen molar-refractivity contribution in [2.24, 2.45) is 11.5 Å². The minimum atomic E-state index is -0.118. The second-order valence-electron chi connectivity index (χ2n) is 8.11. The highest BCUT2D eigenvalue weighted by Gasteiger charge is 2.32. The first kappa shape index (κ1) is 21.5. The van der Waals surface area contributed by atoms with Crippen LogP contribution in [0.5, 0.6) is 0 Å².